The first-order chi connectivity index (χ1) is 8.04. The highest BCUT2D eigenvalue weighted by Gasteiger charge is 2.09. The highest BCUT2D eigenvalue weighted by molar-refractivity contribution is 14.1. The molecule has 0 aliphatic heterocycles. The summed E-state index contributed by atoms with van der Waals surface area (Å²) in [5, 5.41) is 4.59. The first-order valence-corrected chi connectivity index (χ1v) is 6.90. The normalized spacial score (nSPS) is 10.3. The van der Waals surface area contributed by atoms with E-state index in [1.165, 1.54) is 29.5 Å². The SMILES string of the molecule is O=C(Nc1cc(F)cc(Cl)c1)c1csc(I)c1. The van der Waals surface area contributed by atoms with Gasteiger partial charge in [-0.25, -0.2) is 4.39 Å². The molecule has 88 valence electrons. The van der Waals surface area contributed by atoms with E-state index < -0.39 is 5.82 Å². The number of carbonyl (C=O) groups is 1. The molecular formula is C11H6ClFINOS. The molecule has 0 spiro atoms. The van der Waals surface area contributed by atoms with Gasteiger partial charge < -0.3 is 5.32 Å². The Balaban J connectivity index is 2.18. The lowest BCUT2D eigenvalue weighted by atomic mass is 10.2. The molecule has 1 amide bonds. The number of thiophene rings is 1. The molecule has 0 bridgehead atoms. The summed E-state index contributed by atoms with van der Waals surface area (Å²) < 4.78 is 14.1. The van der Waals surface area contributed by atoms with E-state index in [0.717, 1.165) is 2.88 Å². The number of anilines is 1. The van der Waals surface area contributed by atoms with Crippen LogP contribution in [0, 0.1) is 8.70 Å². The molecule has 2 nitrogen and oxygen atoms in total. The highest BCUT2D eigenvalue weighted by atomic mass is 127. The van der Waals surface area contributed by atoms with E-state index in [1.54, 1.807) is 11.4 Å². The lowest BCUT2D eigenvalue weighted by molar-refractivity contribution is 0.102. The van der Waals surface area contributed by atoms with Crippen LogP contribution in [0.4, 0.5) is 10.1 Å². The lowest BCUT2D eigenvalue weighted by Gasteiger charge is -2.04. The van der Waals surface area contributed by atoms with E-state index in [9.17, 15) is 9.18 Å². The van der Waals surface area contributed by atoms with Crippen LogP contribution in [-0.2, 0) is 0 Å². The summed E-state index contributed by atoms with van der Waals surface area (Å²) in [6.45, 7) is 0. The Morgan fingerprint density at radius 2 is 2.12 bits per heavy atom. The van der Waals surface area contributed by atoms with Crippen molar-refractivity contribution >= 4 is 57.1 Å². The second-order valence-electron chi connectivity index (χ2n) is 3.25. The van der Waals surface area contributed by atoms with Crippen LogP contribution in [-0.4, -0.2) is 5.91 Å². The molecule has 0 atom stereocenters. The van der Waals surface area contributed by atoms with Crippen LogP contribution in [0.25, 0.3) is 0 Å². The van der Waals surface area contributed by atoms with E-state index in [2.05, 4.69) is 27.9 Å². The van der Waals surface area contributed by atoms with E-state index in [0.29, 0.717) is 11.3 Å². The number of carbonyl (C=O) groups excluding carboxylic acids is 1. The molecule has 2 aromatic rings. The second-order valence-corrected chi connectivity index (χ2v) is 6.49. The summed E-state index contributed by atoms with van der Waals surface area (Å²) in [6.07, 6.45) is 0. The molecule has 1 heterocycles. The Labute approximate surface area is 120 Å². The Morgan fingerprint density at radius 3 is 2.71 bits per heavy atom. The van der Waals surface area contributed by atoms with Gasteiger partial charge in [0.25, 0.3) is 5.91 Å². The van der Waals surface area contributed by atoms with Crippen LogP contribution in [0.15, 0.2) is 29.6 Å². The monoisotopic (exact) mass is 381 g/mol. The third-order valence-electron chi connectivity index (χ3n) is 1.95. The summed E-state index contributed by atoms with van der Waals surface area (Å²) >= 11 is 9.30. The van der Waals surface area contributed by atoms with Crippen LogP contribution < -0.4 is 5.32 Å². The van der Waals surface area contributed by atoms with Crippen molar-refractivity contribution in [1.82, 2.24) is 0 Å². The Kier molecular flexibility index (Phi) is 4.01. The molecule has 1 aromatic heterocycles. The van der Waals surface area contributed by atoms with Gasteiger partial charge in [-0.15, -0.1) is 11.3 Å². The van der Waals surface area contributed by atoms with Gasteiger partial charge in [-0.3, -0.25) is 4.79 Å². The van der Waals surface area contributed by atoms with Gasteiger partial charge in [-0.05, 0) is 46.9 Å². The van der Waals surface area contributed by atoms with Crippen LogP contribution in [0.2, 0.25) is 5.02 Å². The molecule has 1 N–H and O–H groups in total. The quantitative estimate of drug-likeness (QED) is 0.768. The standard InChI is InChI=1S/C11H6ClFINOS/c12-7-2-8(13)4-9(3-7)15-11(16)6-1-10(14)17-5-6/h1-5H,(H,15,16). The Bertz CT molecular complexity index is 552. The number of hydrogen-bond donors (Lipinski definition) is 1. The number of hydrogen-bond acceptors (Lipinski definition) is 2. The Morgan fingerprint density at radius 1 is 1.35 bits per heavy atom. The fraction of sp³-hybridized carbons (Fsp3) is 0. The zero-order valence-electron chi connectivity index (χ0n) is 8.34. The van der Waals surface area contributed by atoms with Crippen molar-refractivity contribution in [2.45, 2.75) is 0 Å². The van der Waals surface area contributed by atoms with Gasteiger partial charge in [-0.1, -0.05) is 11.6 Å². The summed E-state index contributed by atoms with van der Waals surface area (Å²) in [6, 6.07) is 5.67. The third-order valence-corrected chi connectivity index (χ3v) is 3.96. The first-order valence-electron chi connectivity index (χ1n) is 4.56. The minimum Gasteiger partial charge on any atom is -0.322 e. The zero-order chi connectivity index (χ0) is 12.4. The van der Waals surface area contributed by atoms with Crippen molar-refractivity contribution < 1.29 is 9.18 Å². The zero-order valence-corrected chi connectivity index (χ0v) is 12.1. The van der Waals surface area contributed by atoms with Crippen molar-refractivity contribution in [3.8, 4) is 0 Å². The van der Waals surface area contributed by atoms with Gasteiger partial charge in [0.15, 0.2) is 0 Å². The number of amides is 1. The maximum Gasteiger partial charge on any atom is 0.256 e. The van der Waals surface area contributed by atoms with E-state index in [4.69, 9.17) is 11.6 Å². The minimum absolute atomic E-state index is 0.250. The molecule has 2 rings (SSSR count). The van der Waals surface area contributed by atoms with E-state index in [-0.39, 0.29) is 10.9 Å². The maximum atomic E-state index is 13.1. The second kappa shape index (κ2) is 5.32. The van der Waals surface area contributed by atoms with Gasteiger partial charge in [0, 0.05) is 16.1 Å². The lowest BCUT2D eigenvalue weighted by Crippen LogP contribution is -2.10. The number of rotatable bonds is 2. The molecule has 6 heteroatoms. The number of nitrogens with one attached hydrogen (secondary N) is 1. The summed E-state index contributed by atoms with van der Waals surface area (Å²) in [5.41, 5.74) is 0.904. The average Bonchev–Trinajstić information content (AvgIpc) is 2.63. The van der Waals surface area contributed by atoms with Gasteiger partial charge in [0.2, 0.25) is 0 Å². The molecule has 0 radical (unpaired) electrons. The van der Waals surface area contributed by atoms with Crippen molar-refractivity contribution in [3.63, 3.8) is 0 Å². The molecule has 17 heavy (non-hydrogen) atoms. The molecule has 0 fully saturated rings. The Hall–Kier alpha value is -0.660. The maximum absolute atomic E-state index is 13.1. The fourth-order valence-corrected chi connectivity index (χ4v) is 2.81. The molecule has 0 aliphatic rings. The van der Waals surface area contributed by atoms with Crippen LogP contribution in [0.5, 0.6) is 0 Å². The minimum atomic E-state index is -0.479. The van der Waals surface area contributed by atoms with Gasteiger partial charge in [0.05, 0.1) is 8.45 Å². The molecule has 0 unspecified atom stereocenters. The molecule has 1 aromatic carbocycles. The topological polar surface area (TPSA) is 29.1 Å². The van der Waals surface area contributed by atoms with Crippen LogP contribution in [0.3, 0.4) is 0 Å². The van der Waals surface area contributed by atoms with Crippen LogP contribution in [0.1, 0.15) is 10.4 Å². The first kappa shape index (κ1) is 12.8. The summed E-state index contributed by atoms with van der Waals surface area (Å²) in [7, 11) is 0. The predicted octanol–water partition coefficient (Wildman–Crippen LogP) is 4.40. The van der Waals surface area contributed by atoms with Gasteiger partial charge in [-0.2, -0.15) is 0 Å². The summed E-state index contributed by atoms with van der Waals surface area (Å²) in [4.78, 5) is 11.8. The molecule has 0 aliphatic carbocycles. The van der Waals surface area contributed by atoms with Crippen molar-refractivity contribution in [1.29, 1.82) is 0 Å². The van der Waals surface area contributed by atoms with Gasteiger partial charge >= 0.3 is 0 Å². The van der Waals surface area contributed by atoms with Gasteiger partial charge in [0.1, 0.15) is 5.82 Å². The molecule has 0 saturated heterocycles. The smallest absolute Gasteiger partial charge is 0.256 e. The molecular weight excluding hydrogens is 376 g/mol. The predicted molar refractivity (Wildman–Crippen MR) is 76.4 cm³/mol. The van der Waals surface area contributed by atoms with Crippen molar-refractivity contribution in [2.75, 3.05) is 5.32 Å². The number of benzene rings is 1. The van der Waals surface area contributed by atoms with Crippen molar-refractivity contribution in [2.24, 2.45) is 0 Å². The summed E-state index contributed by atoms with van der Waals surface area (Å²) in [5.74, 6) is -0.751. The van der Waals surface area contributed by atoms with Crippen LogP contribution >= 0.6 is 45.5 Å². The average molecular weight is 382 g/mol. The van der Waals surface area contributed by atoms with E-state index in [1.807, 2.05) is 0 Å². The molecule has 0 saturated carbocycles. The fourth-order valence-electron chi connectivity index (χ4n) is 1.26. The highest BCUT2D eigenvalue weighted by Crippen LogP contribution is 2.21. The number of halogens is 3. The van der Waals surface area contributed by atoms with E-state index >= 15 is 0 Å². The largest absolute Gasteiger partial charge is 0.322 e. The third kappa shape index (κ3) is 3.40. The van der Waals surface area contributed by atoms with Crippen molar-refractivity contribution in [3.05, 3.63) is 48.9 Å².